The number of nitrogens with zero attached hydrogens (tertiary/aromatic N) is 2. The number of carbonyl (C=O) groups is 2. The molecular weight excluding hydrogens is 316 g/mol. The maximum Gasteiger partial charge on any atom is 0.409 e. The molecule has 2 amide bonds. The topological polar surface area (TPSA) is 49.9 Å². The Bertz CT molecular complexity index is 718. The fourth-order valence-corrected chi connectivity index (χ4v) is 2.92. The first-order valence-corrected chi connectivity index (χ1v) is 8.44. The van der Waals surface area contributed by atoms with Crippen LogP contribution in [-0.4, -0.2) is 36.6 Å². The van der Waals surface area contributed by atoms with Crippen molar-refractivity contribution in [3.8, 4) is 0 Å². The Hall–Kier alpha value is -2.82. The molecule has 1 saturated heterocycles. The lowest BCUT2D eigenvalue weighted by molar-refractivity contribution is -0.119. The molecule has 2 aromatic carbocycles. The van der Waals surface area contributed by atoms with Crippen LogP contribution >= 0.6 is 0 Å². The van der Waals surface area contributed by atoms with Crippen LogP contribution in [0.5, 0.6) is 0 Å². The van der Waals surface area contributed by atoms with Crippen LogP contribution in [0.2, 0.25) is 0 Å². The maximum absolute atomic E-state index is 12.8. The average Bonchev–Trinajstić information content (AvgIpc) is 2.97. The highest BCUT2D eigenvalue weighted by molar-refractivity contribution is 5.93. The molecule has 1 aliphatic heterocycles. The molecule has 3 rings (SSSR count). The van der Waals surface area contributed by atoms with Crippen molar-refractivity contribution >= 4 is 17.7 Å². The monoisotopic (exact) mass is 338 g/mol. The minimum absolute atomic E-state index is 0.0284. The highest BCUT2D eigenvalue weighted by atomic mass is 16.6. The first-order valence-electron chi connectivity index (χ1n) is 8.44. The molecule has 25 heavy (non-hydrogen) atoms. The molecule has 2 aromatic rings. The fraction of sp³-hybridized carbons (Fsp3) is 0.300. The van der Waals surface area contributed by atoms with Gasteiger partial charge in [0.15, 0.2) is 0 Å². The van der Waals surface area contributed by atoms with Gasteiger partial charge in [0, 0.05) is 19.2 Å². The first-order chi connectivity index (χ1) is 12.1. The number of hydrogen-bond donors (Lipinski definition) is 0. The number of benzene rings is 2. The third kappa shape index (κ3) is 4.38. The lowest BCUT2D eigenvalue weighted by atomic mass is 10.1. The molecule has 5 heteroatoms. The molecule has 0 aliphatic carbocycles. The zero-order valence-corrected chi connectivity index (χ0v) is 14.3. The van der Waals surface area contributed by atoms with E-state index in [1.165, 1.54) is 4.90 Å². The highest BCUT2D eigenvalue weighted by Gasteiger charge is 2.29. The largest absolute Gasteiger partial charge is 0.444 e. The number of ether oxygens (including phenoxy) is 1. The Kier molecular flexibility index (Phi) is 5.33. The second kappa shape index (κ2) is 7.83. The van der Waals surface area contributed by atoms with E-state index < -0.39 is 0 Å². The molecule has 0 bridgehead atoms. The number of cyclic esters (lactones) is 1. The summed E-state index contributed by atoms with van der Waals surface area (Å²) in [5.74, 6) is 0.0284. The molecule has 0 spiro atoms. The molecule has 1 unspecified atom stereocenters. The summed E-state index contributed by atoms with van der Waals surface area (Å²) in [6.07, 6.45) is 0.345. The maximum atomic E-state index is 12.8. The van der Waals surface area contributed by atoms with Crippen molar-refractivity contribution in [3.05, 3.63) is 66.2 Å². The second-order valence-corrected chi connectivity index (χ2v) is 6.23. The zero-order valence-electron chi connectivity index (χ0n) is 14.3. The van der Waals surface area contributed by atoms with Gasteiger partial charge in [0.05, 0.1) is 13.1 Å². The minimum Gasteiger partial charge on any atom is -0.444 e. The number of carbonyl (C=O) groups excluding carboxylic acids is 2. The summed E-state index contributed by atoms with van der Waals surface area (Å²) in [7, 11) is 1.70. The standard InChI is InChI=1S/C20H22N2O3/c1-21-15-18(25-20(21)24)12-13-19(23)22(17-10-6-3-7-11-17)14-16-8-4-2-5-9-16/h2-11,18H,12-15H2,1H3. The van der Waals surface area contributed by atoms with Crippen molar-refractivity contribution in [3.63, 3.8) is 0 Å². The van der Waals surface area contributed by atoms with Gasteiger partial charge in [0.1, 0.15) is 6.10 Å². The molecule has 1 atom stereocenters. The van der Waals surface area contributed by atoms with E-state index in [9.17, 15) is 9.59 Å². The van der Waals surface area contributed by atoms with Crippen LogP contribution < -0.4 is 4.90 Å². The minimum atomic E-state index is -0.318. The van der Waals surface area contributed by atoms with Crippen LogP contribution in [0, 0.1) is 0 Å². The normalized spacial score (nSPS) is 16.6. The number of hydrogen-bond acceptors (Lipinski definition) is 3. The Morgan fingerprint density at radius 1 is 1.12 bits per heavy atom. The van der Waals surface area contributed by atoms with Crippen molar-refractivity contribution < 1.29 is 14.3 Å². The lowest BCUT2D eigenvalue weighted by Gasteiger charge is -2.23. The summed E-state index contributed by atoms with van der Waals surface area (Å²) < 4.78 is 5.24. The van der Waals surface area contributed by atoms with Gasteiger partial charge >= 0.3 is 6.09 Å². The van der Waals surface area contributed by atoms with E-state index >= 15 is 0 Å². The molecule has 1 aliphatic rings. The van der Waals surface area contributed by atoms with Gasteiger partial charge in [-0.2, -0.15) is 0 Å². The van der Waals surface area contributed by atoms with Gasteiger partial charge < -0.3 is 14.5 Å². The zero-order chi connectivity index (χ0) is 17.6. The fourth-order valence-electron chi connectivity index (χ4n) is 2.92. The van der Waals surface area contributed by atoms with Gasteiger partial charge in [-0.25, -0.2) is 4.79 Å². The number of amides is 2. The second-order valence-electron chi connectivity index (χ2n) is 6.23. The average molecular weight is 338 g/mol. The van der Waals surface area contributed by atoms with Crippen LogP contribution in [-0.2, 0) is 16.1 Å². The molecule has 0 N–H and O–H groups in total. The first kappa shape index (κ1) is 17.0. The molecule has 130 valence electrons. The Morgan fingerprint density at radius 2 is 1.76 bits per heavy atom. The van der Waals surface area contributed by atoms with E-state index in [0.29, 0.717) is 25.9 Å². The number of likely N-dealkylation sites (N-methyl/N-ethyl adjacent to an activating group) is 1. The number of para-hydroxylation sites is 1. The molecule has 0 aromatic heterocycles. The van der Waals surface area contributed by atoms with E-state index in [4.69, 9.17) is 4.74 Å². The smallest absolute Gasteiger partial charge is 0.409 e. The van der Waals surface area contributed by atoms with Crippen LogP contribution in [0.4, 0.5) is 10.5 Å². The molecule has 1 fully saturated rings. The summed E-state index contributed by atoms with van der Waals surface area (Å²) >= 11 is 0. The van der Waals surface area contributed by atoms with Gasteiger partial charge in [-0.15, -0.1) is 0 Å². The van der Waals surface area contributed by atoms with Crippen molar-refractivity contribution in [2.45, 2.75) is 25.5 Å². The van der Waals surface area contributed by atoms with Gasteiger partial charge in [-0.1, -0.05) is 48.5 Å². The summed E-state index contributed by atoms with van der Waals surface area (Å²) in [5.41, 5.74) is 1.95. The van der Waals surface area contributed by atoms with Gasteiger partial charge in [-0.05, 0) is 24.1 Å². The lowest BCUT2D eigenvalue weighted by Crippen LogP contribution is -2.31. The third-order valence-electron chi connectivity index (χ3n) is 4.29. The van der Waals surface area contributed by atoms with Crippen molar-refractivity contribution in [2.24, 2.45) is 0 Å². The van der Waals surface area contributed by atoms with Crippen LogP contribution in [0.25, 0.3) is 0 Å². The Morgan fingerprint density at radius 3 is 2.36 bits per heavy atom. The summed E-state index contributed by atoms with van der Waals surface area (Å²) in [5, 5.41) is 0. The van der Waals surface area contributed by atoms with Crippen molar-refractivity contribution in [1.82, 2.24) is 4.90 Å². The van der Waals surface area contributed by atoms with E-state index in [1.807, 2.05) is 60.7 Å². The number of anilines is 1. The van der Waals surface area contributed by atoms with Crippen molar-refractivity contribution in [1.29, 1.82) is 0 Å². The van der Waals surface area contributed by atoms with Gasteiger partial charge in [-0.3, -0.25) is 4.79 Å². The Balaban J connectivity index is 1.68. The molecule has 0 saturated carbocycles. The summed E-state index contributed by atoms with van der Waals surface area (Å²) in [6.45, 7) is 1.06. The summed E-state index contributed by atoms with van der Waals surface area (Å²) in [4.78, 5) is 27.6. The molecule has 1 heterocycles. The quantitative estimate of drug-likeness (QED) is 0.810. The van der Waals surface area contributed by atoms with E-state index in [-0.39, 0.29) is 18.1 Å². The molecule has 5 nitrogen and oxygen atoms in total. The Labute approximate surface area is 147 Å². The molecular formula is C20H22N2O3. The van der Waals surface area contributed by atoms with Crippen molar-refractivity contribution in [2.75, 3.05) is 18.5 Å². The van der Waals surface area contributed by atoms with Gasteiger partial charge in [0.2, 0.25) is 5.91 Å². The van der Waals surface area contributed by atoms with E-state index in [2.05, 4.69) is 0 Å². The van der Waals surface area contributed by atoms with Crippen LogP contribution in [0.15, 0.2) is 60.7 Å². The number of rotatable bonds is 6. The van der Waals surface area contributed by atoms with E-state index in [1.54, 1.807) is 11.9 Å². The van der Waals surface area contributed by atoms with Crippen LogP contribution in [0.1, 0.15) is 18.4 Å². The van der Waals surface area contributed by atoms with Crippen LogP contribution in [0.3, 0.4) is 0 Å². The highest BCUT2D eigenvalue weighted by Crippen LogP contribution is 2.20. The molecule has 0 radical (unpaired) electrons. The summed E-state index contributed by atoms with van der Waals surface area (Å²) in [6, 6.07) is 19.6. The predicted octanol–water partition coefficient (Wildman–Crippen LogP) is 3.45. The third-order valence-corrected chi connectivity index (χ3v) is 4.29. The van der Waals surface area contributed by atoms with Gasteiger partial charge in [0.25, 0.3) is 0 Å². The predicted molar refractivity (Wildman–Crippen MR) is 96.2 cm³/mol. The van der Waals surface area contributed by atoms with E-state index in [0.717, 1.165) is 11.3 Å². The SMILES string of the molecule is CN1CC(CCC(=O)N(Cc2ccccc2)c2ccccc2)OC1=O.